The molecule has 0 spiro atoms. The number of rotatable bonds is 4. The molecule has 6 heteroatoms. The molecule has 1 aliphatic carbocycles. The maximum atomic E-state index is 12.3. The first kappa shape index (κ1) is 14.6. The standard InChI is InChI=1S/C14H21N3O3/c1-17-10-11(9-15-17)13(19)16-14(8-12(18)20-2)6-4-3-5-7-14/h9-10H,3-8H2,1-2H3,(H,16,19). The Morgan fingerprint density at radius 3 is 2.65 bits per heavy atom. The molecule has 20 heavy (non-hydrogen) atoms. The summed E-state index contributed by atoms with van der Waals surface area (Å²) in [4.78, 5) is 23.9. The van der Waals surface area contributed by atoms with E-state index in [0.717, 1.165) is 32.1 Å². The first-order chi connectivity index (χ1) is 9.54. The number of aryl methyl sites for hydroxylation is 1. The van der Waals surface area contributed by atoms with E-state index in [0.29, 0.717) is 5.56 Å². The van der Waals surface area contributed by atoms with Crippen LogP contribution >= 0.6 is 0 Å². The number of amides is 1. The normalized spacial score (nSPS) is 17.5. The molecule has 0 atom stereocenters. The molecule has 6 nitrogen and oxygen atoms in total. The highest BCUT2D eigenvalue weighted by atomic mass is 16.5. The van der Waals surface area contributed by atoms with Gasteiger partial charge in [0.25, 0.3) is 5.91 Å². The summed E-state index contributed by atoms with van der Waals surface area (Å²) < 4.78 is 6.35. The zero-order valence-electron chi connectivity index (χ0n) is 12.0. The second kappa shape index (κ2) is 6.07. The molecule has 0 aliphatic heterocycles. The van der Waals surface area contributed by atoms with Crippen LogP contribution in [0.4, 0.5) is 0 Å². The number of hydrogen-bond acceptors (Lipinski definition) is 4. The van der Waals surface area contributed by atoms with Crippen LogP contribution in [0.5, 0.6) is 0 Å². The molecule has 110 valence electrons. The van der Waals surface area contributed by atoms with Crippen LogP contribution in [0, 0.1) is 0 Å². The molecular weight excluding hydrogens is 258 g/mol. The van der Waals surface area contributed by atoms with Crippen molar-refractivity contribution in [3.63, 3.8) is 0 Å². The second-order valence-electron chi connectivity index (χ2n) is 5.45. The minimum atomic E-state index is -0.474. The molecular formula is C14H21N3O3. The van der Waals surface area contributed by atoms with Gasteiger partial charge in [0.2, 0.25) is 0 Å². The van der Waals surface area contributed by atoms with Crippen molar-refractivity contribution in [1.82, 2.24) is 15.1 Å². The number of carbonyl (C=O) groups is 2. The average Bonchev–Trinajstić information content (AvgIpc) is 2.86. The van der Waals surface area contributed by atoms with Crippen LogP contribution in [0.1, 0.15) is 48.9 Å². The Morgan fingerprint density at radius 2 is 2.10 bits per heavy atom. The van der Waals surface area contributed by atoms with Gasteiger partial charge in [-0.05, 0) is 12.8 Å². The summed E-state index contributed by atoms with van der Waals surface area (Å²) in [6.45, 7) is 0. The molecule has 0 saturated heterocycles. The van der Waals surface area contributed by atoms with Crippen LogP contribution in [0.3, 0.4) is 0 Å². The van der Waals surface area contributed by atoms with Crippen LogP contribution in [0.25, 0.3) is 0 Å². The Hall–Kier alpha value is -1.85. The number of hydrogen-bond donors (Lipinski definition) is 1. The summed E-state index contributed by atoms with van der Waals surface area (Å²) in [5, 5.41) is 7.03. The lowest BCUT2D eigenvalue weighted by molar-refractivity contribution is -0.142. The SMILES string of the molecule is COC(=O)CC1(NC(=O)c2cnn(C)c2)CCCCC1. The highest BCUT2D eigenvalue weighted by molar-refractivity contribution is 5.94. The lowest BCUT2D eigenvalue weighted by Gasteiger charge is -2.37. The Balaban J connectivity index is 2.10. The maximum absolute atomic E-state index is 12.3. The second-order valence-corrected chi connectivity index (χ2v) is 5.45. The molecule has 0 unspecified atom stereocenters. The molecule has 1 N–H and O–H groups in total. The molecule has 2 rings (SSSR count). The third-order valence-electron chi connectivity index (χ3n) is 3.87. The molecule has 1 fully saturated rings. The van der Waals surface area contributed by atoms with E-state index in [1.54, 1.807) is 17.9 Å². The number of carbonyl (C=O) groups excluding carboxylic acids is 2. The van der Waals surface area contributed by atoms with Gasteiger partial charge in [-0.3, -0.25) is 14.3 Å². The van der Waals surface area contributed by atoms with E-state index in [9.17, 15) is 9.59 Å². The highest BCUT2D eigenvalue weighted by Gasteiger charge is 2.36. The van der Waals surface area contributed by atoms with Gasteiger partial charge < -0.3 is 10.1 Å². The molecule has 1 aliphatic rings. The van der Waals surface area contributed by atoms with Gasteiger partial charge >= 0.3 is 5.97 Å². The van der Waals surface area contributed by atoms with Gasteiger partial charge in [-0.2, -0.15) is 5.10 Å². The van der Waals surface area contributed by atoms with Crippen LogP contribution in [-0.4, -0.2) is 34.3 Å². The summed E-state index contributed by atoms with van der Waals surface area (Å²) in [5.41, 5.74) is 0.0421. The predicted octanol–water partition coefficient (Wildman–Crippen LogP) is 1.42. The zero-order valence-corrected chi connectivity index (χ0v) is 12.0. The van der Waals surface area contributed by atoms with Crippen molar-refractivity contribution in [2.75, 3.05) is 7.11 Å². The van der Waals surface area contributed by atoms with Crippen molar-refractivity contribution in [2.45, 2.75) is 44.1 Å². The van der Waals surface area contributed by atoms with E-state index in [2.05, 4.69) is 10.4 Å². The molecule has 1 aromatic rings. The number of nitrogens with zero attached hydrogens (tertiary/aromatic N) is 2. The quantitative estimate of drug-likeness (QED) is 0.846. The summed E-state index contributed by atoms with van der Waals surface area (Å²) in [6.07, 6.45) is 8.24. The Bertz CT molecular complexity index is 490. The van der Waals surface area contributed by atoms with E-state index >= 15 is 0 Å². The Kier molecular flexibility index (Phi) is 4.42. The third-order valence-corrected chi connectivity index (χ3v) is 3.87. The molecule has 1 heterocycles. The largest absolute Gasteiger partial charge is 0.469 e. The van der Waals surface area contributed by atoms with Crippen molar-refractivity contribution >= 4 is 11.9 Å². The van der Waals surface area contributed by atoms with E-state index in [4.69, 9.17) is 4.74 Å². The smallest absolute Gasteiger partial charge is 0.307 e. The average molecular weight is 279 g/mol. The number of aromatic nitrogens is 2. The van der Waals surface area contributed by atoms with Gasteiger partial charge in [0, 0.05) is 13.2 Å². The highest BCUT2D eigenvalue weighted by Crippen LogP contribution is 2.31. The van der Waals surface area contributed by atoms with Gasteiger partial charge in [-0.25, -0.2) is 0 Å². The number of ether oxygens (including phenoxy) is 1. The van der Waals surface area contributed by atoms with Crippen LogP contribution < -0.4 is 5.32 Å². The molecule has 1 amide bonds. The molecule has 0 bridgehead atoms. The lowest BCUT2D eigenvalue weighted by Crippen LogP contribution is -2.51. The minimum Gasteiger partial charge on any atom is -0.469 e. The molecule has 0 aromatic carbocycles. The summed E-state index contributed by atoms with van der Waals surface area (Å²) in [5.74, 6) is -0.456. The van der Waals surface area contributed by atoms with Crippen molar-refractivity contribution in [3.8, 4) is 0 Å². The fourth-order valence-corrected chi connectivity index (χ4v) is 2.77. The van der Waals surface area contributed by atoms with Crippen molar-refractivity contribution in [1.29, 1.82) is 0 Å². The fourth-order valence-electron chi connectivity index (χ4n) is 2.77. The van der Waals surface area contributed by atoms with E-state index < -0.39 is 5.54 Å². The van der Waals surface area contributed by atoms with Crippen molar-refractivity contribution < 1.29 is 14.3 Å². The number of esters is 1. The van der Waals surface area contributed by atoms with Gasteiger partial charge in [0.05, 0.1) is 30.8 Å². The van der Waals surface area contributed by atoms with Crippen LogP contribution in [0.15, 0.2) is 12.4 Å². The Labute approximate surface area is 118 Å². The van der Waals surface area contributed by atoms with Crippen LogP contribution in [0.2, 0.25) is 0 Å². The van der Waals surface area contributed by atoms with Crippen molar-refractivity contribution in [2.24, 2.45) is 7.05 Å². The first-order valence-corrected chi connectivity index (χ1v) is 6.93. The molecule has 1 aromatic heterocycles. The third kappa shape index (κ3) is 3.37. The Morgan fingerprint density at radius 1 is 1.40 bits per heavy atom. The van der Waals surface area contributed by atoms with Crippen LogP contribution in [-0.2, 0) is 16.6 Å². The first-order valence-electron chi connectivity index (χ1n) is 6.93. The van der Waals surface area contributed by atoms with Crippen molar-refractivity contribution in [3.05, 3.63) is 18.0 Å². The summed E-state index contributed by atoms with van der Waals surface area (Å²) >= 11 is 0. The minimum absolute atomic E-state index is 0.177. The lowest BCUT2D eigenvalue weighted by atomic mass is 9.79. The molecule has 1 saturated carbocycles. The van der Waals surface area contributed by atoms with Gasteiger partial charge in [0.1, 0.15) is 0 Å². The monoisotopic (exact) mass is 279 g/mol. The number of methoxy groups -OCH3 is 1. The van der Waals surface area contributed by atoms with E-state index in [1.807, 2.05) is 0 Å². The summed E-state index contributed by atoms with van der Waals surface area (Å²) in [6, 6.07) is 0. The molecule has 0 radical (unpaired) electrons. The predicted molar refractivity (Wildman–Crippen MR) is 73.1 cm³/mol. The van der Waals surface area contributed by atoms with E-state index in [-0.39, 0.29) is 18.3 Å². The zero-order chi connectivity index (χ0) is 14.6. The van der Waals surface area contributed by atoms with Gasteiger partial charge in [-0.1, -0.05) is 19.3 Å². The van der Waals surface area contributed by atoms with Gasteiger partial charge in [-0.15, -0.1) is 0 Å². The van der Waals surface area contributed by atoms with Gasteiger partial charge in [0.15, 0.2) is 0 Å². The fraction of sp³-hybridized carbons (Fsp3) is 0.643. The maximum Gasteiger partial charge on any atom is 0.307 e. The van der Waals surface area contributed by atoms with E-state index in [1.165, 1.54) is 13.3 Å². The topological polar surface area (TPSA) is 73.2 Å². The number of nitrogens with one attached hydrogen (secondary N) is 1. The summed E-state index contributed by atoms with van der Waals surface area (Å²) in [7, 11) is 3.14.